The fraction of sp³-hybridized carbons (Fsp3) is 0.609. The summed E-state index contributed by atoms with van der Waals surface area (Å²) in [6.07, 6.45) is -6.04. The Morgan fingerprint density at radius 1 is 1.06 bits per heavy atom. The third-order valence-corrected chi connectivity index (χ3v) is 5.51. The molecule has 0 aliphatic heterocycles. The molecule has 11 heteroatoms. The molecule has 0 bridgehead atoms. The van der Waals surface area contributed by atoms with Crippen LogP contribution in [-0.2, 0) is 27.1 Å². The van der Waals surface area contributed by atoms with E-state index in [0.29, 0.717) is 0 Å². The highest BCUT2D eigenvalue weighted by molar-refractivity contribution is 5.93. The number of halogens is 3. The molecule has 1 aromatic rings. The lowest BCUT2D eigenvalue weighted by Gasteiger charge is -2.25. The second kappa shape index (κ2) is 13.5. The van der Waals surface area contributed by atoms with E-state index in [1.54, 1.807) is 13.8 Å². The van der Waals surface area contributed by atoms with Crippen molar-refractivity contribution in [1.29, 1.82) is 0 Å². The van der Waals surface area contributed by atoms with Crippen LogP contribution in [0.15, 0.2) is 24.3 Å². The van der Waals surface area contributed by atoms with E-state index in [4.69, 9.17) is 11.5 Å². The van der Waals surface area contributed by atoms with Crippen molar-refractivity contribution < 1.29 is 32.7 Å². The maximum absolute atomic E-state index is 13.2. The number of amides is 1. The van der Waals surface area contributed by atoms with E-state index in [1.807, 2.05) is 0 Å². The van der Waals surface area contributed by atoms with Crippen LogP contribution in [0.5, 0.6) is 0 Å². The summed E-state index contributed by atoms with van der Waals surface area (Å²) in [5.74, 6) is -3.03. The Hall–Kier alpha value is -2.34. The van der Waals surface area contributed by atoms with E-state index in [9.17, 15) is 32.7 Å². The van der Waals surface area contributed by atoms with Crippen LogP contribution < -0.4 is 22.1 Å². The summed E-state index contributed by atoms with van der Waals surface area (Å²) in [5, 5.41) is 15.4. The first-order valence-corrected chi connectivity index (χ1v) is 11.2. The van der Waals surface area contributed by atoms with Crippen LogP contribution in [0.2, 0.25) is 0 Å². The van der Waals surface area contributed by atoms with Gasteiger partial charge in [0.05, 0.1) is 29.7 Å². The smallest absolute Gasteiger partial charge is 0.393 e. The molecule has 0 fully saturated rings. The minimum atomic E-state index is -4.55. The minimum absolute atomic E-state index is 0.0346. The molecule has 0 saturated carbocycles. The van der Waals surface area contributed by atoms with Crippen molar-refractivity contribution in [3.63, 3.8) is 0 Å². The molecule has 0 aliphatic rings. The summed E-state index contributed by atoms with van der Waals surface area (Å²) in [6.45, 7) is 4.35. The van der Waals surface area contributed by atoms with Gasteiger partial charge in [0.25, 0.3) is 0 Å². The van der Waals surface area contributed by atoms with Crippen LogP contribution in [-0.4, -0.2) is 53.9 Å². The van der Waals surface area contributed by atoms with Gasteiger partial charge in [0, 0.05) is 25.4 Å². The van der Waals surface area contributed by atoms with Gasteiger partial charge in [0.2, 0.25) is 5.91 Å². The Morgan fingerprint density at radius 3 is 2.18 bits per heavy atom. The molecule has 192 valence electrons. The van der Waals surface area contributed by atoms with Crippen LogP contribution in [0.25, 0.3) is 0 Å². The zero-order valence-corrected chi connectivity index (χ0v) is 19.7. The van der Waals surface area contributed by atoms with E-state index in [1.165, 1.54) is 25.1 Å². The highest BCUT2D eigenvalue weighted by Gasteiger charge is 2.34. The zero-order chi connectivity index (χ0) is 26.1. The molecule has 0 spiro atoms. The van der Waals surface area contributed by atoms with Crippen LogP contribution in [0.3, 0.4) is 0 Å². The number of nitrogens with one attached hydrogen (secondary N) is 2. The van der Waals surface area contributed by atoms with Gasteiger partial charge in [0.1, 0.15) is 0 Å². The lowest BCUT2D eigenvalue weighted by atomic mass is 9.91. The van der Waals surface area contributed by atoms with Gasteiger partial charge >= 0.3 is 6.18 Å². The second-order valence-electron chi connectivity index (χ2n) is 8.54. The third kappa shape index (κ3) is 8.79. The van der Waals surface area contributed by atoms with Crippen molar-refractivity contribution in [1.82, 2.24) is 10.6 Å². The van der Waals surface area contributed by atoms with Crippen molar-refractivity contribution in [3.05, 3.63) is 35.4 Å². The molecule has 0 saturated heterocycles. The van der Waals surface area contributed by atoms with E-state index in [2.05, 4.69) is 10.6 Å². The molecular formula is C23H35F3N4O4. The first-order chi connectivity index (χ1) is 15.8. The van der Waals surface area contributed by atoms with Gasteiger partial charge in [-0.15, -0.1) is 0 Å². The number of hydrogen-bond acceptors (Lipinski definition) is 7. The quantitative estimate of drug-likeness (QED) is 0.264. The van der Waals surface area contributed by atoms with Crippen LogP contribution in [0.1, 0.15) is 44.7 Å². The van der Waals surface area contributed by atoms with Gasteiger partial charge in [-0.1, -0.05) is 32.0 Å². The number of carbonyl (C=O) groups is 3. The van der Waals surface area contributed by atoms with Gasteiger partial charge in [-0.25, -0.2) is 0 Å². The van der Waals surface area contributed by atoms with Crippen LogP contribution in [0.4, 0.5) is 13.2 Å². The summed E-state index contributed by atoms with van der Waals surface area (Å²) in [7, 11) is 0. The van der Waals surface area contributed by atoms with Crippen LogP contribution in [0, 0.1) is 11.8 Å². The summed E-state index contributed by atoms with van der Waals surface area (Å²) in [4.78, 5) is 37.9. The lowest BCUT2D eigenvalue weighted by molar-refractivity contribution is -0.138. The number of Topliss-reactive ketones (excluding diaryl/α,β-unsaturated/α-hetero) is 2. The first kappa shape index (κ1) is 29.7. The molecule has 8 nitrogen and oxygen atoms in total. The molecule has 0 heterocycles. The summed E-state index contributed by atoms with van der Waals surface area (Å²) < 4.78 is 39.7. The molecule has 0 aliphatic carbocycles. The van der Waals surface area contributed by atoms with Crippen molar-refractivity contribution >= 4 is 17.5 Å². The Bertz CT molecular complexity index is 831. The highest BCUT2D eigenvalue weighted by Crippen LogP contribution is 2.31. The largest absolute Gasteiger partial charge is 0.416 e. The number of benzene rings is 1. The summed E-state index contributed by atoms with van der Waals surface area (Å²) in [6, 6.07) is 3.12. The minimum Gasteiger partial charge on any atom is -0.393 e. The molecule has 1 aromatic carbocycles. The Kier molecular flexibility index (Phi) is 11.8. The number of rotatable bonds is 14. The molecule has 4 atom stereocenters. The fourth-order valence-electron chi connectivity index (χ4n) is 3.50. The van der Waals surface area contributed by atoms with Crippen molar-refractivity contribution in [2.24, 2.45) is 23.3 Å². The average molecular weight is 489 g/mol. The number of alkyl halides is 3. The monoisotopic (exact) mass is 488 g/mol. The molecule has 7 N–H and O–H groups in total. The average Bonchev–Trinajstić information content (AvgIpc) is 2.76. The van der Waals surface area contributed by atoms with Gasteiger partial charge < -0.3 is 27.2 Å². The van der Waals surface area contributed by atoms with Crippen molar-refractivity contribution in [2.45, 2.75) is 64.5 Å². The number of nitrogens with two attached hydrogens (primary N) is 2. The number of hydrogen-bond donors (Lipinski definition) is 5. The topological polar surface area (TPSA) is 148 Å². The highest BCUT2D eigenvalue weighted by atomic mass is 19.4. The van der Waals surface area contributed by atoms with E-state index >= 15 is 0 Å². The van der Waals surface area contributed by atoms with Gasteiger partial charge in [-0.3, -0.25) is 14.4 Å². The fourth-order valence-corrected chi connectivity index (χ4v) is 3.50. The predicted molar refractivity (Wildman–Crippen MR) is 121 cm³/mol. The van der Waals surface area contributed by atoms with E-state index in [0.717, 1.165) is 6.07 Å². The number of aliphatic hydroxyl groups is 1. The molecule has 0 unspecified atom stereocenters. The molecule has 0 radical (unpaired) electrons. The normalized spacial score (nSPS) is 15.5. The Labute approximate surface area is 197 Å². The first-order valence-electron chi connectivity index (χ1n) is 11.2. The standard InChI is InChI=1S/C23H35F3N4O4/c1-13(2)21(33)19(11-28)30-22(34)16(14(3)31)10-20(32)18(8-9-27)29-12-15-6-4-5-7-17(15)23(24,25)26/h4-7,13-14,16,18-19,29,31H,8-12,27-28H2,1-3H3,(H,30,34)/t14-,16-,18-,19-/m0/s1. The third-order valence-electron chi connectivity index (χ3n) is 5.51. The molecule has 1 rings (SSSR count). The van der Waals surface area contributed by atoms with Crippen molar-refractivity contribution in [2.75, 3.05) is 13.1 Å². The Balaban J connectivity index is 2.95. The number of carbonyl (C=O) groups excluding carboxylic acids is 3. The maximum atomic E-state index is 13.2. The maximum Gasteiger partial charge on any atom is 0.416 e. The summed E-state index contributed by atoms with van der Waals surface area (Å²) in [5.41, 5.74) is 10.3. The van der Waals surface area contributed by atoms with Gasteiger partial charge in [-0.2, -0.15) is 13.2 Å². The Morgan fingerprint density at radius 2 is 1.68 bits per heavy atom. The molecule has 0 aromatic heterocycles. The van der Waals surface area contributed by atoms with E-state index in [-0.39, 0.29) is 43.3 Å². The van der Waals surface area contributed by atoms with Gasteiger partial charge in [0.15, 0.2) is 11.6 Å². The van der Waals surface area contributed by atoms with Crippen LogP contribution >= 0.6 is 0 Å². The number of ketones is 2. The molecule has 34 heavy (non-hydrogen) atoms. The predicted octanol–water partition coefficient (Wildman–Crippen LogP) is 1.14. The SMILES string of the molecule is CC(C)C(=O)[C@H](CN)NC(=O)[C@@H](CC(=O)[C@H](CCN)NCc1ccccc1C(F)(F)F)[C@H](C)O. The van der Waals surface area contributed by atoms with Crippen molar-refractivity contribution in [3.8, 4) is 0 Å². The zero-order valence-electron chi connectivity index (χ0n) is 19.7. The lowest BCUT2D eigenvalue weighted by Crippen LogP contribution is -2.51. The summed E-state index contributed by atoms with van der Waals surface area (Å²) >= 11 is 0. The molecule has 1 amide bonds. The van der Waals surface area contributed by atoms with E-state index < -0.39 is 54.0 Å². The molecular weight excluding hydrogens is 453 g/mol. The number of aliphatic hydroxyl groups excluding tert-OH is 1. The van der Waals surface area contributed by atoms with Gasteiger partial charge in [-0.05, 0) is 31.5 Å². The second-order valence-corrected chi connectivity index (χ2v) is 8.54.